The van der Waals surface area contributed by atoms with Crippen molar-refractivity contribution in [3.05, 3.63) is 89.1 Å². The number of phenols is 1. The van der Waals surface area contributed by atoms with Gasteiger partial charge in [0, 0.05) is 24.7 Å². The first-order valence-corrected chi connectivity index (χ1v) is 12.0. The number of phenolic OH excluding ortho intramolecular Hbond substituents is 1. The Balaban J connectivity index is 1.59. The molecule has 1 aliphatic heterocycles. The highest BCUT2D eigenvalue weighted by Crippen LogP contribution is 2.47. The molecule has 0 bridgehead atoms. The highest BCUT2D eigenvalue weighted by molar-refractivity contribution is 5.53. The third kappa shape index (κ3) is 4.82. The molecule has 168 valence electrons. The zero-order valence-electron chi connectivity index (χ0n) is 19.3. The molecule has 0 spiro atoms. The number of hydrogen-bond donors (Lipinski definition) is 1. The number of hydrogen-bond acceptors (Lipinski definition) is 3. The lowest BCUT2D eigenvalue weighted by atomic mass is 9.67. The number of aryl methyl sites for hydroxylation is 1. The molecule has 0 amide bonds. The summed E-state index contributed by atoms with van der Waals surface area (Å²) in [6, 6.07) is 16.8. The van der Waals surface area contributed by atoms with Gasteiger partial charge in [0.15, 0.2) is 0 Å². The number of aromatic hydroxyl groups is 1. The Bertz CT molecular complexity index is 970. The van der Waals surface area contributed by atoms with Crippen LogP contribution in [0, 0.1) is 11.8 Å². The molecule has 1 unspecified atom stereocenters. The Kier molecular flexibility index (Phi) is 7.14. The molecule has 0 saturated carbocycles. The highest BCUT2D eigenvalue weighted by Gasteiger charge is 2.33. The van der Waals surface area contributed by atoms with Crippen molar-refractivity contribution in [2.75, 3.05) is 13.1 Å². The van der Waals surface area contributed by atoms with Crippen molar-refractivity contribution in [1.82, 2.24) is 4.90 Å². The maximum absolute atomic E-state index is 11.1. The summed E-state index contributed by atoms with van der Waals surface area (Å²) in [5, 5.41) is 10.0. The molecule has 1 aliphatic carbocycles. The summed E-state index contributed by atoms with van der Waals surface area (Å²) >= 11 is 0. The van der Waals surface area contributed by atoms with Crippen LogP contribution >= 0.6 is 0 Å². The molecule has 3 atom stereocenters. The third-order valence-electron chi connectivity index (χ3n) is 7.40. The van der Waals surface area contributed by atoms with E-state index in [0.717, 1.165) is 45.1 Å². The van der Waals surface area contributed by atoms with E-state index in [1.165, 1.54) is 22.4 Å². The average Bonchev–Trinajstić information content (AvgIpc) is 2.84. The zero-order valence-corrected chi connectivity index (χ0v) is 19.3. The van der Waals surface area contributed by atoms with Gasteiger partial charge in [0.25, 0.3) is 0 Å². The lowest BCUT2D eigenvalue weighted by Crippen LogP contribution is -2.33. The first kappa shape index (κ1) is 22.4. The van der Waals surface area contributed by atoms with Gasteiger partial charge in [0.2, 0.25) is 0 Å². The monoisotopic (exact) mass is 429 g/mol. The number of allylic oxidation sites excluding steroid dienone is 3. The molecule has 2 aromatic carbocycles. The second kappa shape index (κ2) is 10.2. The summed E-state index contributed by atoms with van der Waals surface area (Å²) in [4.78, 5) is 13.5. The van der Waals surface area contributed by atoms with Crippen LogP contribution < -0.4 is 0 Å². The Morgan fingerprint density at radius 2 is 1.84 bits per heavy atom. The molecule has 3 heteroatoms. The minimum atomic E-state index is 0.217. The molecule has 1 saturated heterocycles. The van der Waals surface area contributed by atoms with Crippen molar-refractivity contribution >= 4 is 6.29 Å². The largest absolute Gasteiger partial charge is 0.508 e. The SMILES string of the molecule is C/C=C(\C=C/C(C)[C@@H]1c2ccc(O)cc2CC[C@@H]1c1ccccc1)N1CCC(C=O)CC1. The van der Waals surface area contributed by atoms with E-state index in [9.17, 15) is 9.90 Å². The van der Waals surface area contributed by atoms with Crippen LogP contribution in [0.5, 0.6) is 5.75 Å². The highest BCUT2D eigenvalue weighted by atomic mass is 16.3. The first-order valence-electron chi connectivity index (χ1n) is 12.0. The third-order valence-corrected chi connectivity index (χ3v) is 7.40. The van der Waals surface area contributed by atoms with Crippen LogP contribution in [0.3, 0.4) is 0 Å². The number of nitrogens with zero attached hydrogens (tertiary/aromatic N) is 1. The molecule has 4 rings (SSSR count). The van der Waals surface area contributed by atoms with Crippen molar-refractivity contribution in [2.45, 2.75) is 51.4 Å². The van der Waals surface area contributed by atoms with E-state index in [1.807, 2.05) is 12.1 Å². The van der Waals surface area contributed by atoms with Crippen molar-refractivity contribution < 1.29 is 9.90 Å². The molecular weight excluding hydrogens is 394 g/mol. The van der Waals surface area contributed by atoms with Gasteiger partial charge in [0.1, 0.15) is 12.0 Å². The van der Waals surface area contributed by atoms with E-state index < -0.39 is 0 Å². The summed E-state index contributed by atoms with van der Waals surface area (Å²) in [7, 11) is 0. The maximum atomic E-state index is 11.1. The molecule has 2 aromatic rings. The normalized spacial score (nSPS) is 23.2. The minimum Gasteiger partial charge on any atom is -0.508 e. The van der Waals surface area contributed by atoms with Crippen LogP contribution in [-0.4, -0.2) is 29.4 Å². The standard InChI is InChI=1S/C29H35NO2/c1-3-25(30-17-15-22(20-31)16-18-30)11-9-21(2)29-27(23-7-5-4-6-8-23)13-10-24-19-26(32)12-14-28(24)29/h3-9,11-12,14,19-22,27,29,32H,10,13,15-18H2,1-2H3/b11-9-,25-3+/t21?,27-,29+/m1/s1. The molecular formula is C29H35NO2. The Labute approximate surface area is 192 Å². The summed E-state index contributed by atoms with van der Waals surface area (Å²) in [5.41, 5.74) is 5.30. The number of carbonyl (C=O) groups is 1. The molecule has 0 aromatic heterocycles. The molecule has 32 heavy (non-hydrogen) atoms. The second-order valence-electron chi connectivity index (χ2n) is 9.36. The predicted molar refractivity (Wildman–Crippen MR) is 131 cm³/mol. The number of rotatable bonds is 6. The Morgan fingerprint density at radius 1 is 1.09 bits per heavy atom. The van der Waals surface area contributed by atoms with E-state index in [0.29, 0.717) is 23.5 Å². The van der Waals surface area contributed by atoms with Crippen molar-refractivity contribution in [2.24, 2.45) is 11.8 Å². The van der Waals surface area contributed by atoms with Crippen molar-refractivity contribution in [3.8, 4) is 5.75 Å². The number of benzene rings is 2. The molecule has 0 radical (unpaired) electrons. The summed E-state index contributed by atoms with van der Waals surface area (Å²) in [5.74, 6) is 1.77. The van der Waals surface area contributed by atoms with E-state index >= 15 is 0 Å². The van der Waals surface area contributed by atoms with Crippen LogP contribution in [0.1, 0.15) is 61.6 Å². The summed E-state index contributed by atoms with van der Waals surface area (Å²) in [6.45, 7) is 6.31. The average molecular weight is 430 g/mol. The summed E-state index contributed by atoms with van der Waals surface area (Å²) in [6.07, 6.45) is 11.9. The van der Waals surface area contributed by atoms with Crippen LogP contribution in [0.25, 0.3) is 0 Å². The number of piperidine rings is 1. The van der Waals surface area contributed by atoms with Gasteiger partial charge in [-0.25, -0.2) is 0 Å². The molecule has 1 fully saturated rings. The topological polar surface area (TPSA) is 40.5 Å². The summed E-state index contributed by atoms with van der Waals surface area (Å²) < 4.78 is 0. The van der Waals surface area contributed by atoms with Gasteiger partial charge in [-0.15, -0.1) is 0 Å². The number of fused-ring (bicyclic) bond motifs is 1. The van der Waals surface area contributed by atoms with Gasteiger partial charge >= 0.3 is 0 Å². The zero-order chi connectivity index (χ0) is 22.5. The van der Waals surface area contributed by atoms with Gasteiger partial charge in [-0.2, -0.15) is 0 Å². The number of likely N-dealkylation sites (tertiary alicyclic amines) is 1. The van der Waals surface area contributed by atoms with Crippen LogP contribution in [-0.2, 0) is 11.2 Å². The van der Waals surface area contributed by atoms with Gasteiger partial charge in [-0.05, 0) is 85.3 Å². The van der Waals surface area contributed by atoms with E-state index in [1.54, 1.807) is 0 Å². The van der Waals surface area contributed by atoms with Gasteiger partial charge < -0.3 is 14.8 Å². The van der Waals surface area contributed by atoms with Crippen molar-refractivity contribution in [3.63, 3.8) is 0 Å². The van der Waals surface area contributed by atoms with Crippen LogP contribution in [0.2, 0.25) is 0 Å². The number of aldehydes is 1. The second-order valence-corrected chi connectivity index (χ2v) is 9.36. The van der Waals surface area contributed by atoms with Gasteiger partial charge in [0.05, 0.1) is 0 Å². The predicted octanol–water partition coefficient (Wildman–Crippen LogP) is 6.21. The smallest absolute Gasteiger partial charge is 0.123 e. The minimum absolute atomic E-state index is 0.217. The molecule has 2 aliphatic rings. The Morgan fingerprint density at radius 3 is 2.53 bits per heavy atom. The molecule has 3 nitrogen and oxygen atoms in total. The lowest BCUT2D eigenvalue weighted by Gasteiger charge is -2.37. The fourth-order valence-electron chi connectivity index (χ4n) is 5.61. The van der Waals surface area contributed by atoms with Crippen LogP contribution in [0.4, 0.5) is 0 Å². The van der Waals surface area contributed by atoms with Gasteiger partial charge in [-0.1, -0.05) is 55.5 Å². The van der Waals surface area contributed by atoms with E-state index in [-0.39, 0.29) is 5.92 Å². The fraction of sp³-hybridized carbons (Fsp3) is 0.414. The maximum Gasteiger partial charge on any atom is 0.123 e. The van der Waals surface area contributed by atoms with Crippen molar-refractivity contribution in [1.29, 1.82) is 0 Å². The van der Waals surface area contributed by atoms with E-state index in [4.69, 9.17) is 0 Å². The fourth-order valence-corrected chi connectivity index (χ4v) is 5.61. The lowest BCUT2D eigenvalue weighted by molar-refractivity contribution is -0.112. The number of carbonyl (C=O) groups excluding carboxylic acids is 1. The first-order chi connectivity index (χ1) is 15.6. The molecule has 1 heterocycles. The quantitative estimate of drug-likeness (QED) is 0.438. The van der Waals surface area contributed by atoms with Gasteiger partial charge in [-0.3, -0.25) is 0 Å². The van der Waals surface area contributed by atoms with E-state index in [2.05, 4.69) is 73.4 Å². The Hall–Kier alpha value is -2.81. The molecule has 1 N–H and O–H groups in total. The van der Waals surface area contributed by atoms with Crippen LogP contribution in [0.15, 0.2) is 72.5 Å².